The highest BCUT2D eigenvalue weighted by molar-refractivity contribution is 5.81. The number of rotatable bonds is 5. The average Bonchev–Trinajstić information content (AvgIpc) is 2.81. The van der Waals surface area contributed by atoms with E-state index in [0.717, 1.165) is 24.2 Å². The molecule has 1 aromatic rings. The molecule has 1 aliphatic carbocycles. The SMILES string of the molecule is CCOc1ccc2c(c1)C(CCNC(=O)C(F)(F)F)CC2. The third kappa shape index (κ3) is 3.89. The van der Waals surface area contributed by atoms with Crippen molar-refractivity contribution in [2.24, 2.45) is 0 Å². The maximum Gasteiger partial charge on any atom is 0.471 e. The number of ether oxygens (including phenoxy) is 1. The van der Waals surface area contributed by atoms with Crippen molar-refractivity contribution in [3.8, 4) is 5.75 Å². The highest BCUT2D eigenvalue weighted by atomic mass is 19.4. The summed E-state index contributed by atoms with van der Waals surface area (Å²) >= 11 is 0. The summed E-state index contributed by atoms with van der Waals surface area (Å²) in [6.45, 7) is 2.50. The van der Waals surface area contributed by atoms with E-state index in [4.69, 9.17) is 4.74 Å². The monoisotopic (exact) mass is 301 g/mol. The van der Waals surface area contributed by atoms with Gasteiger partial charge in [-0.05, 0) is 55.4 Å². The van der Waals surface area contributed by atoms with Crippen LogP contribution in [0.3, 0.4) is 0 Å². The Morgan fingerprint density at radius 3 is 2.86 bits per heavy atom. The molecule has 21 heavy (non-hydrogen) atoms. The van der Waals surface area contributed by atoms with Crippen LogP contribution in [0.1, 0.15) is 36.8 Å². The number of alkyl halides is 3. The normalized spacial score (nSPS) is 17.4. The number of nitrogens with one attached hydrogen (secondary N) is 1. The standard InChI is InChI=1S/C15H18F3NO2/c1-2-21-12-6-5-10-3-4-11(13(10)9-12)7-8-19-14(20)15(16,17)18/h5-6,9,11H,2-4,7-8H2,1H3,(H,19,20). The molecule has 3 nitrogen and oxygen atoms in total. The second-order valence-corrected chi connectivity index (χ2v) is 5.07. The smallest absolute Gasteiger partial charge is 0.471 e. The second-order valence-electron chi connectivity index (χ2n) is 5.07. The summed E-state index contributed by atoms with van der Waals surface area (Å²) in [5.41, 5.74) is 2.34. The van der Waals surface area contributed by atoms with Crippen LogP contribution in [0.25, 0.3) is 0 Å². The lowest BCUT2D eigenvalue weighted by Gasteiger charge is -2.14. The zero-order valence-electron chi connectivity index (χ0n) is 11.8. The molecule has 116 valence electrons. The van der Waals surface area contributed by atoms with Gasteiger partial charge >= 0.3 is 12.1 Å². The number of hydrogen-bond donors (Lipinski definition) is 1. The van der Waals surface area contributed by atoms with E-state index in [0.29, 0.717) is 13.0 Å². The number of fused-ring (bicyclic) bond motifs is 1. The molecule has 0 saturated carbocycles. The van der Waals surface area contributed by atoms with Crippen LogP contribution in [0, 0.1) is 0 Å². The lowest BCUT2D eigenvalue weighted by Crippen LogP contribution is -2.37. The zero-order valence-corrected chi connectivity index (χ0v) is 11.8. The summed E-state index contributed by atoms with van der Waals surface area (Å²) < 4.78 is 41.7. The Balaban J connectivity index is 1.93. The number of carbonyl (C=O) groups excluding carboxylic acids is 1. The van der Waals surface area contributed by atoms with Gasteiger partial charge in [0, 0.05) is 6.54 Å². The van der Waals surface area contributed by atoms with E-state index >= 15 is 0 Å². The number of carbonyl (C=O) groups is 1. The van der Waals surface area contributed by atoms with E-state index in [9.17, 15) is 18.0 Å². The average molecular weight is 301 g/mol. The second kappa shape index (κ2) is 6.37. The Labute approximate surface area is 121 Å². The van der Waals surface area contributed by atoms with Gasteiger partial charge in [0.2, 0.25) is 0 Å². The Hall–Kier alpha value is -1.72. The van der Waals surface area contributed by atoms with Crippen molar-refractivity contribution in [3.63, 3.8) is 0 Å². The maximum atomic E-state index is 12.1. The first-order chi connectivity index (χ1) is 9.91. The molecule has 0 fully saturated rings. The lowest BCUT2D eigenvalue weighted by molar-refractivity contribution is -0.173. The first-order valence-corrected chi connectivity index (χ1v) is 7.02. The van der Waals surface area contributed by atoms with Crippen LogP contribution in [-0.2, 0) is 11.2 Å². The molecule has 0 radical (unpaired) electrons. The Bertz CT molecular complexity index is 514. The molecule has 2 rings (SSSR count). The molecule has 1 N–H and O–H groups in total. The molecule has 0 aliphatic heterocycles. The summed E-state index contributed by atoms with van der Waals surface area (Å²) in [6.07, 6.45) is -2.49. The molecular formula is C15H18F3NO2. The van der Waals surface area contributed by atoms with Crippen LogP contribution in [0.4, 0.5) is 13.2 Å². The molecular weight excluding hydrogens is 283 g/mol. The van der Waals surface area contributed by atoms with Crippen molar-refractivity contribution in [2.75, 3.05) is 13.2 Å². The Morgan fingerprint density at radius 2 is 2.19 bits per heavy atom. The number of aryl methyl sites for hydroxylation is 1. The number of benzene rings is 1. The molecule has 0 spiro atoms. The Kier molecular flexibility index (Phi) is 4.75. The molecule has 1 aromatic carbocycles. The van der Waals surface area contributed by atoms with Gasteiger partial charge in [-0.1, -0.05) is 6.07 Å². The molecule has 0 saturated heterocycles. The first kappa shape index (κ1) is 15.7. The molecule has 0 bridgehead atoms. The van der Waals surface area contributed by atoms with Crippen molar-refractivity contribution < 1.29 is 22.7 Å². The van der Waals surface area contributed by atoms with E-state index in [1.807, 2.05) is 30.4 Å². The molecule has 1 aliphatic rings. The van der Waals surface area contributed by atoms with Gasteiger partial charge in [0.25, 0.3) is 0 Å². The topological polar surface area (TPSA) is 38.3 Å². The van der Waals surface area contributed by atoms with E-state index in [1.54, 1.807) is 0 Å². The first-order valence-electron chi connectivity index (χ1n) is 7.02. The van der Waals surface area contributed by atoms with Crippen LogP contribution < -0.4 is 10.1 Å². The molecule has 0 aromatic heterocycles. The summed E-state index contributed by atoms with van der Waals surface area (Å²) in [5.74, 6) is -0.916. The maximum absolute atomic E-state index is 12.1. The van der Waals surface area contributed by atoms with Gasteiger partial charge in [-0.2, -0.15) is 13.2 Å². The minimum atomic E-state index is -4.81. The quantitative estimate of drug-likeness (QED) is 0.907. The zero-order chi connectivity index (χ0) is 15.5. The van der Waals surface area contributed by atoms with Crippen molar-refractivity contribution >= 4 is 5.91 Å². The van der Waals surface area contributed by atoms with Crippen LogP contribution in [0.5, 0.6) is 5.75 Å². The molecule has 0 heterocycles. The minimum absolute atomic E-state index is 0.0291. The van der Waals surface area contributed by atoms with Gasteiger partial charge in [-0.25, -0.2) is 0 Å². The predicted octanol–water partition coefficient (Wildman–Crippen LogP) is 3.18. The van der Waals surface area contributed by atoms with Crippen LogP contribution >= 0.6 is 0 Å². The highest BCUT2D eigenvalue weighted by Crippen LogP contribution is 2.37. The summed E-state index contributed by atoms with van der Waals surface area (Å²) in [6, 6.07) is 5.88. The van der Waals surface area contributed by atoms with Gasteiger partial charge < -0.3 is 10.1 Å². The summed E-state index contributed by atoms with van der Waals surface area (Å²) in [7, 11) is 0. The molecule has 1 unspecified atom stereocenters. The van der Waals surface area contributed by atoms with Gasteiger partial charge in [-0.15, -0.1) is 0 Å². The van der Waals surface area contributed by atoms with Crippen LogP contribution in [0.2, 0.25) is 0 Å². The fourth-order valence-electron chi connectivity index (χ4n) is 2.68. The number of hydrogen-bond acceptors (Lipinski definition) is 2. The van der Waals surface area contributed by atoms with Crippen molar-refractivity contribution in [1.29, 1.82) is 0 Å². The van der Waals surface area contributed by atoms with E-state index in [1.165, 1.54) is 5.56 Å². The van der Waals surface area contributed by atoms with Gasteiger partial charge in [0.15, 0.2) is 0 Å². The third-order valence-corrected chi connectivity index (χ3v) is 3.67. The van der Waals surface area contributed by atoms with Crippen molar-refractivity contribution in [2.45, 2.75) is 38.3 Å². The van der Waals surface area contributed by atoms with E-state index in [-0.39, 0.29) is 12.5 Å². The highest BCUT2D eigenvalue weighted by Gasteiger charge is 2.38. The van der Waals surface area contributed by atoms with Gasteiger partial charge in [0.1, 0.15) is 5.75 Å². The van der Waals surface area contributed by atoms with Crippen molar-refractivity contribution in [1.82, 2.24) is 5.32 Å². The van der Waals surface area contributed by atoms with Crippen molar-refractivity contribution in [3.05, 3.63) is 29.3 Å². The summed E-state index contributed by atoms with van der Waals surface area (Å²) in [5, 5.41) is 1.92. The largest absolute Gasteiger partial charge is 0.494 e. The summed E-state index contributed by atoms with van der Waals surface area (Å²) in [4.78, 5) is 10.8. The van der Waals surface area contributed by atoms with Crippen LogP contribution in [0.15, 0.2) is 18.2 Å². The van der Waals surface area contributed by atoms with Gasteiger partial charge in [0.05, 0.1) is 6.61 Å². The van der Waals surface area contributed by atoms with Crippen LogP contribution in [-0.4, -0.2) is 25.2 Å². The third-order valence-electron chi connectivity index (χ3n) is 3.67. The fourth-order valence-corrected chi connectivity index (χ4v) is 2.68. The number of amides is 1. The van der Waals surface area contributed by atoms with E-state index < -0.39 is 12.1 Å². The van der Waals surface area contributed by atoms with Gasteiger partial charge in [-0.3, -0.25) is 4.79 Å². The van der Waals surface area contributed by atoms with E-state index in [2.05, 4.69) is 0 Å². The lowest BCUT2D eigenvalue weighted by atomic mass is 9.97. The Morgan fingerprint density at radius 1 is 1.43 bits per heavy atom. The fraction of sp³-hybridized carbons (Fsp3) is 0.533. The molecule has 6 heteroatoms. The molecule has 1 amide bonds. The molecule has 1 atom stereocenters. The minimum Gasteiger partial charge on any atom is -0.494 e. The predicted molar refractivity (Wildman–Crippen MR) is 72.4 cm³/mol. The number of halogens is 3.